The molecule has 0 fully saturated rings. The molecule has 1 atom stereocenters. The van der Waals surface area contributed by atoms with E-state index in [4.69, 9.17) is 5.73 Å². The van der Waals surface area contributed by atoms with Gasteiger partial charge in [0.1, 0.15) is 5.82 Å². The number of hydrogen-bond donors (Lipinski definition) is 1. The molecule has 0 radical (unpaired) electrons. The van der Waals surface area contributed by atoms with E-state index < -0.39 is 0 Å². The van der Waals surface area contributed by atoms with Crippen molar-refractivity contribution in [3.8, 4) is 0 Å². The maximum Gasteiger partial charge on any atom is 0.123 e. The van der Waals surface area contributed by atoms with Crippen LogP contribution in [0.15, 0.2) is 24.3 Å². The van der Waals surface area contributed by atoms with Crippen molar-refractivity contribution in [1.29, 1.82) is 0 Å². The van der Waals surface area contributed by atoms with Crippen LogP contribution in [-0.4, -0.2) is 0 Å². The number of nitrogens with two attached hydrogens (primary N) is 1. The average Bonchev–Trinajstić information content (AvgIpc) is 2.46. The van der Waals surface area contributed by atoms with E-state index in [1.807, 2.05) is 12.1 Å². The molecule has 0 heterocycles. The Hall–Kier alpha value is -1.67. The molecule has 1 nitrogen and oxygen atoms in total. The van der Waals surface area contributed by atoms with Gasteiger partial charge < -0.3 is 5.73 Å². The second-order valence-corrected chi connectivity index (χ2v) is 5.98. The summed E-state index contributed by atoms with van der Waals surface area (Å²) in [4.78, 5) is 0. The average molecular weight is 285 g/mol. The van der Waals surface area contributed by atoms with Crippen LogP contribution in [0.2, 0.25) is 0 Å². The summed E-state index contributed by atoms with van der Waals surface area (Å²) in [6.07, 6.45) is 0.726. The largest absolute Gasteiger partial charge is 0.324 e. The Kier molecular flexibility index (Phi) is 4.48. The molecule has 0 saturated carbocycles. The molecule has 0 aliphatic carbocycles. The maximum atomic E-state index is 13.0. The molecule has 2 heteroatoms. The molecule has 2 aromatic carbocycles. The van der Waals surface area contributed by atoms with E-state index in [1.54, 1.807) is 0 Å². The molecule has 2 aromatic rings. The zero-order valence-corrected chi connectivity index (χ0v) is 13.5. The fourth-order valence-corrected chi connectivity index (χ4v) is 3.06. The van der Waals surface area contributed by atoms with Crippen molar-refractivity contribution in [2.24, 2.45) is 5.73 Å². The molecule has 0 aromatic heterocycles. The van der Waals surface area contributed by atoms with Crippen LogP contribution in [-0.2, 0) is 6.42 Å². The second-order valence-electron chi connectivity index (χ2n) is 5.98. The first-order valence-corrected chi connectivity index (χ1v) is 7.39. The Labute approximate surface area is 127 Å². The van der Waals surface area contributed by atoms with Gasteiger partial charge in [0.25, 0.3) is 0 Å². The lowest BCUT2D eigenvalue weighted by molar-refractivity contribution is 0.625. The molecule has 21 heavy (non-hydrogen) atoms. The van der Waals surface area contributed by atoms with E-state index in [2.05, 4.69) is 34.6 Å². The number of rotatable bonds is 3. The van der Waals surface area contributed by atoms with Gasteiger partial charge in [-0.15, -0.1) is 0 Å². The van der Waals surface area contributed by atoms with Crippen LogP contribution in [0.25, 0.3) is 0 Å². The van der Waals surface area contributed by atoms with E-state index in [0.717, 1.165) is 12.0 Å². The molecule has 0 amide bonds. The van der Waals surface area contributed by atoms with Crippen molar-refractivity contribution in [1.82, 2.24) is 0 Å². The summed E-state index contributed by atoms with van der Waals surface area (Å²) in [7, 11) is 0. The fourth-order valence-electron chi connectivity index (χ4n) is 3.06. The highest BCUT2D eigenvalue weighted by Gasteiger charge is 2.17. The highest BCUT2D eigenvalue weighted by molar-refractivity contribution is 5.50. The Morgan fingerprint density at radius 2 is 1.24 bits per heavy atom. The smallest absolute Gasteiger partial charge is 0.123 e. The van der Waals surface area contributed by atoms with Gasteiger partial charge in [-0.2, -0.15) is 0 Å². The molecule has 112 valence electrons. The number of halogens is 1. The van der Waals surface area contributed by atoms with Crippen LogP contribution in [0.1, 0.15) is 45.0 Å². The van der Waals surface area contributed by atoms with E-state index in [-0.39, 0.29) is 11.9 Å². The maximum absolute atomic E-state index is 13.0. The Morgan fingerprint density at radius 3 is 1.71 bits per heavy atom. The van der Waals surface area contributed by atoms with Crippen molar-refractivity contribution >= 4 is 0 Å². The number of hydrogen-bond acceptors (Lipinski definition) is 1. The summed E-state index contributed by atoms with van der Waals surface area (Å²) in [5, 5.41) is 0. The van der Waals surface area contributed by atoms with Crippen LogP contribution in [0.4, 0.5) is 4.39 Å². The monoisotopic (exact) mass is 285 g/mol. The van der Waals surface area contributed by atoms with E-state index in [9.17, 15) is 4.39 Å². The van der Waals surface area contributed by atoms with Crippen LogP contribution in [0, 0.1) is 40.4 Å². The van der Waals surface area contributed by atoms with Crippen LogP contribution >= 0.6 is 0 Å². The van der Waals surface area contributed by atoms with Crippen LogP contribution in [0.5, 0.6) is 0 Å². The SMILES string of the molecule is Cc1c(C)c(C)c(C(N)Cc2ccc(F)cc2)c(C)c1C. The summed E-state index contributed by atoms with van der Waals surface area (Å²) >= 11 is 0. The van der Waals surface area contributed by atoms with Crippen LogP contribution < -0.4 is 5.73 Å². The van der Waals surface area contributed by atoms with Crippen molar-refractivity contribution in [3.63, 3.8) is 0 Å². The molecule has 0 aliphatic heterocycles. The minimum Gasteiger partial charge on any atom is -0.324 e. The minimum atomic E-state index is -0.207. The normalized spacial score (nSPS) is 12.5. The fraction of sp³-hybridized carbons (Fsp3) is 0.368. The van der Waals surface area contributed by atoms with Crippen molar-refractivity contribution in [2.45, 2.75) is 47.1 Å². The van der Waals surface area contributed by atoms with Gasteiger partial charge in [-0.1, -0.05) is 12.1 Å². The first-order valence-electron chi connectivity index (χ1n) is 7.39. The quantitative estimate of drug-likeness (QED) is 0.875. The summed E-state index contributed by atoms with van der Waals surface area (Å²) in [6.45, 7) is 10.8. The third kappa shape index (κ3) is 3.01. The van der Waals surface area contributed by atoms with E-state index in [1.165, 1.54) is 45.5 Å². The second kappa shape index (κ2) is 5.98. The molecule has 0 bridgehead atoms. The van der Waals surface area contributed by atoms with Gasteiger partial charge >= 0.3 is 0 Å². The predicted octanol–water partition coefficient (Wildman–Crippen LogP) is 4.61. The zero-order valence-electron chi connectivity index (χ0n) is 13.5. The lowest BCUT2D eigenvalue weighted by Crippen LogP contribution is -2.18. The van der Waals surface area contributed by atoms with Crippen LogP contribution in [0.3, 0.4) is 0 Å². The van der Waals surface area contributed by atoms with Gasteiger partial charge in [-0.05, 0) is 92.1 Å². The van der Waals surface area contributed by atoms with Gasteiger partial charge in [0.2, 0.25) is 0 Å². The molecule has 2 rings (SSSR count). The minimum absolute atomic E-state index is 0.0616. The highest BCUT2D eigenvalue weighted by atomic mass is 19.1. The summed E-state index contributed by atoms with van der Waals surface area (Å²) in [6, 6.07) is 6.55. The van der Waals surface area contributed by atoms with Gasteiger partial charge in [-0.3, -0.25) is 0 Å². The highest BCUT2D eigenvalue weighted by Crippen LogP contribution is 2.31. The summed E-state index contributed by atoms with van der Waals surface area (Å²) < 4.78 is 13.0. The van der Waals surface area contributed by atoms with Gasteiger partial charge in [0, 0.05) is 6.04 Å². The Balaban J connectivity index is 2.39. The predicted molar refractivity (Wildman–Crippen MR) is 87.2 cm³/mol. The molecule has 0 spiro atoms. The van der Waals surface area contributed by atoms with Gasteiger partial charge in [0.15, 0.2) is 0 Å². The van der Waals surface area contributed by atoms with Crippen molar-refractivity contribution < 1.29 is 4.39 Å². The summed E-state index contributed by atoms with van der Waals surface area (Å²) in [5.41, 5.74) is 15.3. The third-order valence-electron chi connectivity index (χ3n) is 4.80. The molecule has 1 unspecified atom stereocenters. The molecule has 0 saturated heterocycles. The lowest BCUT2D eigenvalue weighted by atomic mass is 9.85. The summed E-state index contributed by atoms with van der Waals surface area (Å²) in [5.74, 6) is -0.207. The first-order chi connectivity index (χ1) is 9.82. The third-order valence-corrected chi connectivity index (χ3v) is 4.80. The molecule has 2 N–H and O–H groups in total. The number of benzene rings is 2. The van der Waals surface area contributed by atoms with E-state index >= 15 is 0 Å². The van der Waals surface area contributed by atoms with Gasteiger partial charge in [0.05, 0.1) is 0 Å². The Morgan fingerprint density at radius 1 is 0.810 bits per heavy atom. The van der Waals surface area contributed by atoms with Gasteiger partial charge in [-0.25, -0.2) is 4.39 Å². The molecule has 0 aliphatic rings. The van der Waals surface area contributed by atoms with E-state index in [0.29, 0.717) is 0 Å². The molecular formula is C19H24FN. The topological polar surface area (TPSA) is 26.0 Å². The molecular weight excluding hydrogens is 261 g/mol. The standard InChI is InChI=1S/C19H24FN/c1-11-12(2)14(4)19(15(5)13(11)3)18(21)10-16-6-8-17(20)9-7-16/h6-9,18H,10,21H2,1-5H3. The van der Waals surface area contributed by atoms with Crippen molar-refractivity contribution in [3.05, 3.63) is 69.0 Å². The first kappa shape index (κ1) is 15.7. The lowest BCUT2D eigenvalue weighted by Gasteiger charge is -2.23. The Bertz CT molecular complexity index is 627. The zero-order chi connectivity index (χ0) is 15.7. The van der Waals surface area contributed by atoms with Crippen molar-refractivity contribution in [2.75, 3.05) is 0 Å².